The van der Waals surface area contributed by atoms with Crippen LogP contribution in [-0.2, 0) is 9.47 Å². The Labute approximate surface area is 122 Å². The van der Waals surface area contributed by atoms with Crippen molar-refractivity contribution in [2.75, 3.05) is 25.2 Å². The van der Waals surface area contributed by atoms with E-state index in [1.807, 2.05) is 0 Å². The van der Waals surface area contributed by atoms with Crippen LogP contribution in [0.4, 0.5) is 0 Å². The van der Waals surface area contributed by atoms with Gasteiger partial charge in [0, 0.05) is 19.8 Å². The Morgan fingerprint density at radius 3 is 2.58 bits per heavy atom. The standard InChI is InChI=1S/C15H29NO2S/c1-11(2)14(17-3)13(16)12-4-7-18-15(10-12)5-8-19-9-6-15/h11-14H,4-10,16H2,1-3H3. The number of rotatable bonds is 4. The molecule has 2 heterocycles. The van der Waals surface area contributed by atoms with Crippen molar-refractivity contribution in [1.29, 1.82) is 0 Å². The van der Waals surface area contributed by atoms with Crippen LogP contribution in [0.2, 0.25) is 0 Å². The summed E-state index contributed by atoms with van der Waals surface area (Å²) >= 11 is 2.05. The topological polar surface area (TPSA) is 44.5 Å². The monoisotopic (exact) mass is 287 g/mol. The van der Waals surface area contributed by atoms with Crippen molar-refractivity contribution in [3.05, 3.63) is 0 Å². The molecule has 3 unspecified atom stereocenters. The Morgan fingerprint density at radius 2 is 2.00 bits per heavy atom. The summed E-state index contributed by atoms with van der Waals surface area (Å²) in [5.74, 6) is 3.49. The van der Waals surface area contributed by atoms with E-state index in [2.05, 4.69) is 25.6 Å². The number of hydrogen-bond donors (Lipinski definition) is 1. The van der Waals surface area contributed by atoms with E-state index in [4.69, 9.17) is 15.2 Å². The molecule has 3 nitrogen and oxygen atoms in total. The molecule has 3 atom stereocenters. The van der Waals surface area contributed by atoms with Crippen LogP contribution in [0.1, 0.15) is 39.5 Å². The van der Waals surface area contributed by atoms with Gasteiger partial charge in [0.1, 0.15) is 0 Å². The van der Waals surface area contributed by atoms with Gasteiger partial charge in [-0.3, -0.25) is 0 Å². The highest BCUT2D eigenvalue weighted by Gasteiger charge is 2.42. The van der Waals surface area contributed by atoms with E-state index in [0.29, 0.717) is 11.8 Å². The molecule has 112 valence electrons. The average molecular weight is 287 g/mol. The highest BCUT2D eigenvalue weighted by Crippen LogP contribution is 2.41. The largest absolute Gasteiger partial charge is 0.380 e. The molecule has 0 aromatic carbocycles. The highest BCUT2D eigenvalue weighted by molar-refractivity contribution is 7.99. The van der Waals surface area contributed by atoms with E-state index in [9.17, 15) is 0 Å². The molecule has 2 aliphatic heterocycles. The summed E-state index contributed by atoms with van der Waals surface area (Å²) in [6, 6.07) is 0.139. The average Bonchev–Trinajstić information content (AvgIpc) is 2.40. The van der Waals surface area contributed by atoms with E-state index >= 15 is 0 Å². The van der Waals surface area contributed by atoms with E-state index in [0.717, 1.165) is 19.4 Å². The molecular formula is C15H29NO2S. The first kappa shape index (κ1) is 15.6. The molecule has 0 aromatic heterocycles. The first-order chi connectivity index (χ1) is 9.08. The Hall–Kier alpha value is 0.230. The molecule has 0 aliphatic carbocycles. The molecule has 0 radical (unpaired) electrons. The van der Waals surface area contributed by atoms with Crippen molar-refractivity contribution in [2.45, 2.75) is 57.3 Å². The van der Waals surface area contributed by atoms with Crippen LogP contribution in [0.3, 0.4) is 0 Å². The third kappa shape index (κ3) is 3.66. The van der Waals surface area contributed by atoms with Crippen molar-refractivity contribution < 1.29 is 9.47 Å². The normalized spacial score (nSPS) is 30.5. The maximum Gasteiger partial charge on any atom is 0.0747 e. The second-order valence-corrected chi connectivity index (χ2v) is 7.64. The molecule has 2 N–H and O–H groups in total. The SMILES string of the molecule is COC(C(C)C)C(N)C1CCOC2(CCSCC2)C1. The third-order valence-electron chi connectivity index (χ3n) is 4.79. The molecule has 0 saturated carbocycles. The predicted molar refractivity (Wildman–Crippen MR) is 81.6 cm³/mol. The van der Waals surface area contributed by atoms with E-state index in [1.165, 1.54) is 24.3 Å². The van der Waals surface area contributed by atoms with Gasteiger partial charge in [-0.25, -0.2) is 0 Å². The number of nitrogens with two attached hydrogens (primary N) is 1. The maximum absolute atomic E-state index is 6.51. The van der Waals surface area contributed by atoms with Gasteiger partial charge in [0.25, 0.3) is 0 Å². The van der Waals surface area contributed by atoms with Gasteiger partial charge in [0.05, 0.1) is 11.7 Å². The molecule has 0 amide bonds. The first-order valence-corrected chi connectivity index (χ1v) is 8.73. The molecule has 19 heavy (non-hydrogen) atoms. The van der Waals surface area contributed by atoms with Gasteiger partial charge in [-0.1, -0.05) is 13.8 Å². The fraction of sp³-hybridized carbons (Fsp3) is 1.00. The molecule has 2 rings (SSSR count). The minimum absolute atomic E-state index is 0.126. The van der Waals surface area contributed by atoms with Crippen molar-refractivity contribution in [3.63, 3.8) is 0 Å². The molecular weight excluding hydrogens is 258 g/mol. The van der Waals surface area contributed by atoms with Crippen molar-refractivity contribution in [1.82, 2.24) is 0 Å². The fourth-order valence-electron chi connectivity index (χ4n) is 3.63. The summed E-state index contributed by atoms with van der Waals surface area (Å²) in [6.45, 7) is 5.26. The van der Waals surface area contributed by atoms with Crippen LogP contribution in [0.15, 0.2) is 0 Å². The lowest BCUT2D eigenvalue weighted by atomic mass is 9.76. The summed E-state index contributed by atoms with van der Waals surface area (Å²) in [5.41, 5.74) is 6.63. The fourth-order valence-corrected chi connectivity index (χ4v) is 4.86. The zero-order valence-corrected chi connectivity index (χ0v) is 13.4. The Kier molecular flexibility index (Phi) is 5.58. The van der Waals surface area contributed by atoms with Crippen LogP contribution in [0, 0.1) is 11.8 Å². The van der Waals surface area contributed by atoms with Gasteiger partial charge in [0.15, 0.2) is 0 Å². The highest BCUT2D eigenvalue weighted by atomic mass is 32.2. The van der Waals surface area contributed by atoms with Crippen LogP contribution < -0.4 is 5.73 Å². The van der Waals surface area contributed by atoms with Gasteiger partial charge in [0.2, 0.25) is 0 Å². The van der Waals surface area contributed by atoms with Gasteiger partial charge in [-0.15, -0.1) is 0 Å². The third-order valence-corrected chi connectivity index (χ3v) is 5.77. The van der Waals surface area contributed by atoms with E-state index in [-0.39, 0.29) is 17.7 Å². The molecule has 0 bridgehead atoms. The van der Waals surface area contributed by atoms with Crippen molar-refractivity contribution in [2.24, 2.45) is 17.6 Å². The summed E-state index contributed by atoms with van der Waals surface area (Å²) < 4.78 is 11.8. The van der Waals surface area contributed by atoms with E-state index < -0.39 is 0 Å². The van der Waals surface area contributed by atoms with E-state index in [1.54, 1.807) is 7.11 Å². The van der Waals surface area contributed by atoms with Crippen LogP contribution in [0.25, 0.3) is 0 Å². The zero-order chi connectivity index (χ0) is 13.9. The van der Waals surface area contributed by atoms with Gasteiger partial charge in [-0.2, -0.15) is 11.8 Å². The lowest BCUT2D eigenvalue weighted by Gasteiger charge is -2.46. The summed E-state index contributed by atoms with van der Waals surface area (Å²) in [4.78, 5) is 0. The second-order valence-electron chi connectivity index (χ2n) is 6.42. The number of ether oxygens (including phenoxy) is 2. The molecule has 2 fully saturated rings. The minimum Gasteiger partial charge on any atom is -0.380 e. The maximum atomic E-state index is 6.51. The molecule has 4 heteroatoms. The van der Waals surface area contributed by atoms with Crippen molar-refractivity contribution in [3.8, 4) is 0 Å². The Morgan fingerprint density at radius 1 is 1.32 bits per heavy atom. The molecule has 1 spiro atoms. The Bertz CT molecular complexity index is 274. The molecule has 0 aromatic rings. The summed E-state index contributed by atoms with van der Waals surface area (Å²) in [6.07, 6.45) is 4.77. The summed E-state index contributed by atoms with van der Waals surface area (Å²) in [7, 11) is 1.79. The molecule has 2 aliphatic rings. The first-order valence-electron chi connectivity index (χ1n) is 7.58. The van der Waals surface area contributed by atoms with Crippen LogP contribution in [0.5, 0.6) is 0 Å². The number of methoxy groups -OCH3 is 1. The smallest absolute Gasteiger partial charge is 0.0747 e. The van der Waals surface area contributed by atoms with Gasteiger partial charge >= 0.3 is 0 Å². The second kappa shape index (κ2) is 6.79. The van der Waals surface area contributed by atoms with Gasteiger partial charge in [-0.05, 0) is 49.0 Å². The van der Waals surface area contributed by atoms with Crippen molar-refractivity contribution >= 4 is 11.8 Å². The minimum atomic E-state index is 0.126. The van der Waals surface area contributed by atoms with Crippen LogP contribution >= 0.6 is 11.8 Å². The summed E-state index contributed by atoms with van der Waals surface area (Å²) in [5, 5.41) is 0. The quantitative estimate of drug-likeness (QED) is 0.863. The Balaban J connectivity index is 1.99. The van der Waals surface area contributed by atoms with Crippen LogP contribution in [-0.4, -0.2) is 43.0 Å². The zero-order valence-electron chi connectivity index (χ0n) is 12.6. The van der Waals surface area contributed by atoms with Gasteiger partial charge < -0.3 is 15.2 Å². The lowest BCUT2D eigenvalue weighted by molar-refractivity contribution is -0.114. The predicted octanol–water partition coefficient (Wildman–Crippen LogP) is 2.68. The molecule has 2 saturated heterocycles. The lowest BCUT2D eigenvalue weighted by Crippen LogP contribution is -2.52. The number of thioether (sulfide) groups is 1. The number of hydrogen-bond acceptors (Lipinski definition) is 4.